The van der Waals surface area contributed by atoms with E-state index in [9.17, 15) is 14.4 Å². The quantitative estimate of drug-likeness (QED) is 0.0199. The molecule has 6 heteroatoms. The first-order valence-electron chi connectivity index (χ1n) is 25.4. The van der Waals surface area contributed by atoms with Crippen LogP contribution in [0.2, 0.25) is 0 Å². The molecule has 1 unspecified atom stereocenters. The third-order valence-electron chi connectivity index (χ3n) is 10.0. The van der Waals surface area contributed by atoms with Crippen molar-refractivity contribution in [3.8, 4) is 0 Å². The Hall–Kier alpha value is -4.71. The Balaban J connectivity index is 4.53. The molecule has 0 spiro atoms. The van der Waals surface area contributed by atoms with Crippen LogP contribution < -0.4 is 0 Å². The smallest absolute Gasteiger partial charge is 0.306 e. The first kappa shape index (κ1) is 60.3. The average Bonchev–Trinajstić information content (AvgIpc) is 3.30. The van der Waals surface area contributed by atoms with Crippen molar-refractivity contribution in [2.24, 2.45) is 0 Å². The van der Waals surface area contributed by atoms with E-state index in [0.717, 1.165) is 128 Å². The maximum absolute atomic E-state index is 12.8. The molecule has 0 aliphatic rings. The molecule has 0 aromatic carbocycles. The van der Waals surface area contributed by atoms with Crippen molar-refractivity contribution in [2.45, 2.75) is 194 Å². The van der Waals surface area contributed by atoms with E-state index in [1.165, 1.54) is 12.8 Å². The minimum atomic E-state index is -0.821. The largest absolute Gasteiger partial charge is 0.462 e. The monoisotopic (exact) mass is 895 g/mol. The number of rotatable bonds is 43. The zero-order valence-electron chi connectivity index (χ0n) is 41.2. The number of hydrogen-bond acceptors (Lipinski definition) is 6. The minimum absolute atomic E-state index is 0.117. The molecule has 0 aliphatic carbocycles. The van der Waals surface area contributed by atoms with E-state index in [1.807, 2.05) is 54.7 Å². The highest BCUT2D eigenvalue weighted by molar-refractivity contribution is 5.71. The van der Waals surface area contributed by atoms with Crippen LogP contribution in [0.25, 0.3) is 0 Å². The van der Waals surface area contributed by atoms with Crippen LogP contribution in [-0.4, -0.2) is 37.2 Å². The van der Waals surface area contributed by atoms with Crippen LogP contribution in [0, 0.1) is 0 Å². The predicted octanol–water partition coefficient (Wildman–Crippen LogP) is 16.9. The lowest BCUT2D eigenvalue weighted by atomic mass is 10.1. The second-order valence-corrected chi connectivity index (χ2v) is 16.1. The van der Waals surface area contributed by atoms with Crippen molar-refractivity contribution in [3.05, 3.63) is 146 Å². The molecule has 6 nitrogen and oxygen atoms in total. The fourth-order valence-corrected chi connectivity index (χ4v) is 6.28. The summed E-state index contributed by atoms with van der Waals surface area (Å²) in [6.45, 7) is 6.15. The standard InChI is InChI=1S/C59H90O6/c1-4-7-10-13-16-19-22-25-27-28-29-30-32-34-37-40-43-46-49-52-58(61)64-55-56(54-63-57(60)51-48-45-42-39-36-33-24-21-18-15-12-9-6-3)65-59(62)53-50-47-44-41-38-35-31-26-23-20-17-14-11-8-5-2/h7-12,14-21,23-27,29-31,35,38,56H,4-6,13,22,28,32-34,36-37,39-55H2,1-3H3/b10-7+,11-8+,12-9+,17-14+,18-15+,19-16+,23-20+,24-21+,27-25+,30-29+,31-26+,38-35+. The minimum Gasteiger partial charge on any atom is -0.462 e. The van der Waals surface area contributed by atoms with E-state index in [-0.39, 0.29) is 37.5 Å². The van der Waals surface area contributed by atoms with Gasteiger partial charge in [0.25, 0.3) is 0 Å². The van der Waals surface area contributed by atoms with Crippen LogP contribution in [0.3, 0.4) is 0 Å². The molecule has 0 aromatic heterocycles. The average molecular weight is 895 g/mol. The molecule has 0 heterocycles. The Labute approximate surface area is 397 Å². The summed E-state index contributed by atoms with van der Waals surface area (Å²) < 4.78 is 16.7. The molecule has 65 heavy (non-hydrogen) atoms. The van der Waals surface area contributed by atoms with Crippen molar-refractivity contribution in [2.75, 3.05) is 13.2 Å². The number of carbonyl (C=O) groups excluding carboxylic acids is 3. The molecule has 0 radical (unpaired) electrons. The van der Waals surface area contributed by atoms with Crippen LogP contribution in [-0.2, 0) is 28.6 Å². The van der Waals surface area contributed by atoms with Crippen molar-refractivity contribution >= 4 is 17.9 Å². The van der Waals surface area contributed by atoms with Gasteiger partial charge < -0.3 is 14.2 Å². The Bertz CT molecular complexity index is 1490. The number of carbonyl (C=O) groups is 3. The lowest BCUT2D eigenvalue weighted by molar-refractivity contribution is -0.167. The van der Waals surface area contributed by atoms with Gasteiger partial charge in [0.05, 0.1) is 0 Å². The Morgan fingerprint density at radius 1 is 0.323 bits per heavy atom. The zero-order valence-corrected chi connectivity index (χ0v) is 41.2. The van der Waals surface area contributed by atoms with Gasteiger partial charge in [-0.2, -0.15) is 0 Å². The molecule has 0 saturated heterocycles. The summed E-state index contributed by atoms with van der Waals surface area (Å²) >= 11 is 0. The van der Waals surface area contributed by atoms with Crippen molar-refractivity contribution in [1.82, 2.24) is 0 Å². The maximum atomic E-state index is 12.8. The van der Waals surface area contributed by atoms with Gasteiger partial charge in [0, 0.05) is 19.3 Å². The summed E-state index contributed by atoms with van der Waals surface area (Å²) in [5, 5.41) is 0. The molecule has 0 N–H and O–H groups in total. The van der Waals surface area contributed by atoms with Crippen molar-refractivity contribution in [1.29, 1.82) is 0 Å². The molecule has 0 aliphatic heterocycles. The SMILES string of the molecule is CC/C=C/C=C/C=C/C=C/C=C/CCCCCC(=O)OC(COC(=O)CCCCCCC/C=C/C=C/C=C/CC)COC(=O)CCCCCCCC/C=C/C/C=C/C/C=C/C/C=C/CC. The molecule has 0 bridgehead atoms. The molecule has 1 atom stereocenters. The molecule has 0 amide bonds. The molecule has 0 aromatic rings. The van der Waals surface area contributed by atoms with Crippen LogP contribution >= 0.6 is 0 Å². The summed E-state index contributed by atoms with van der Waals surface area (Å²) in [4.78, 5) is 38.0. The second kappa shape index (κ2) is 51.9. The fraction of sp³-hybridized carbons (Fsp3) is 0.542. The molecule has 0 saturated carbocycles. The normalized spacial score (nSPS) is 13.3. The summed E-state index contributed by atoms with van der Waals surface area (Å²) in [5.41, 5.74) is 0. The van der Waals surface area contributed by atoms with Gasteiger partial charge in [-0.05, 0) is 96.3 Å². The third-order valence-corrected chi connectivity index (χ3v) is 10.0. The second-order valence-electron chi connectivity index (χ2n) is 16.1. The molecule has 362 valence electrons. The molecular weight excluding hydrogens is 805 g/mol. The highest BCUT2D eigenvalue weighted by atomic mass is 16.6. The van der Waals surface area contributed by atoms with Crippen LogP contribution in [0.5, 0.6) is 0 Å². The van der Waals surface area contributed by atoms with E-state index in [0.29, 0.717) is 19.3 Å². The number of ether oxygens (including phenoxy) is 3. The maximum Gasteiger partial charge on any atom is 0.306 e. The predicted molar refractivity (Wildman–Crippen MR) is 279 cm³/mol. The third kappa shape index (κ3) is 50.2. The Kier molecular flexibility index (Phi) is 48.2. The summed E-state index contributed by atoms with van der Waals surface area (Å²) in [6.07, 6.45) is 74.0. The highest BCUT2D eigenvalue weighted by Gasteiger charge is 2.19. The number of hydrogen-bond donors (Lipinski definition) is 0. The first-order valence-corrected chi connectivity index (χ1v) is 25.4. The van der Waals surface area contributed by atoms with E-state index in [2.05, 4.69) is 112 Å². The Morgan fingerprint density at radius 2 is 0.631 bits per heavy atom. The van der Waals surface area contributed by atoms with E-state index >= 15 is 0 Å². The van der Waals surface area contributed by atoms with Gasteiger partial charge in [0.1, 0.15) is 13.2 Å². The van der Waals surface area contributed by atoms with Gasteiger partial charge in [-0.15, -0.1) is 0 Å². The first-order chi connectivity index (χ1) is 32.0. The van der Waals surface area contributed by atoms with Gasteiger partial charge in [-0.25, -0.2) is 0 Å². The summed E-state index contributed by atoms with van der Waals surface area (Å²) in [6, 6.07) is 0. The summed E-state index contributed by atoms with van der Waals surface area (Å²) in [7, 11) is 0. The fourth-order valence-electron chi connectivity index (χ4n) is 6.28. The van der Waals surface area contributed by atoms with Gasteiger partial charge in [0.2, 0.25) is 0 Å². The van der Waals surface area contributed by atoms with Crippen molar-refractivity contribution < 1.29 is 28.6 Å². The van der Waals surface area contributed by atoms with Crippen molar-refractivity contribution in [3.63, 3.8) is 0 Å². The lowest BCUT2D eigenvalue weighted by Gasteiger charge is -2.18. The topological polar surface area (TPSA) is 78.9 Å². The zero-order chi connectivity index (χ0) is 47.2. The van der Waals surface area contributed by atoms with Crippen LogP contribution in [0.4, 0.5) is 0 Å². The van der Waals surface area contributed by atoms with E-state index < -0.39 is 6.10 Å². The van der Waals surface area contributed by atoms with Gasteiger partial charge in [-0.1, -0.05) is 218 Å². The summed E-state index contributed by atoms with van der Waals surface area (Å²) in [5.74, 6) is -1.01. The lowest BCUT2D eigenvalue weighted by Crippen LogP contribution is -2.30. The number of esters is 3. The molecule has 0 fully saturated rings. The highest BCUT2D eigenvalue weighted by Crippen LogP contribution is 2.12. The molecular formula is C59H90O6. The van der Waals surface area contributed by atoms with Gasteiger partial charge in [-0.3, -0.25) is 14.4 Å². The Morgan fingerprint density at radius 3 is 1.06 bits per heavy atom. The van der Waals surface area contributed by atoms with E-state index in [4.69, 9.17) is 14.2 Å². The van der Waals surface area contributed by atoms with Crippen LogP contribution in [0.15, 0.2) is 146 Å². The van der Waals surface area contributed by atoms with Gasteiger partial charge in [0.15, 0.2) is 6.10 Å². The molecule has 0 rings (SSSR count). The number of allylic oxidation sites excluding steroid dienone is 24. The van der Waals surface area contributed by atoms with E-state index in [1.54, 1.807) is 0 Å². The number of unbranched alkanes of at least 4 members (excludes halogenated alkanes) is 14. The van der Waals surface area contributed by atoms with Crippen LogP contribution in [0.1, 0.15) is 188 Å². The van der Waals surface area contributed by atoms with Gasteiger partial charge >= 0.3 is 17.9 Å².